The van der Waals surface area contributed by atoms with Crippen molar-refractivity contribution in [1.82, 2.24) is 5.53 Å². The van der Waals surface area contributed by atoms with Crippen molar-refractivity contribution in [1.29, 1.82) is 0 Å². The van der Waals surface area contributed by atoms with Crippen LogP contribution in [0.25, 0.3) is 10.8 Å². The van der Waals surface area contributed by atoms with Gasteiger partial charge in [-0.15, -0.1) is 5.53 Å². The number of hydrazine groups is 2. The van der Waals surface area contributed by atoms with Crippen molar-refractivity contribution in [3.8, 4) is 5.75 Å². The highest BCUT2D eigenvalue weighted by atomic mass is 16.3. The molecule has 0 saturated carbocycles. The number of phenols is 1. The van der Waals surface area contributed by atoms with Crippen LogP contribution in [0.5, 0.6) is 5.75 Å². The van der Waals surface area contributed by atoms with Gasteiger partial charge < -0.3 is 10.5 Å². The Morgan fingerprint density at radius 2 is 1.88 bits per heavy atom. The molecule has 2 aromatic carbocycles. The van der Waals surface area contributed by atoms with Gasteiger partial charge in [-0.05, 0) is 13.8 Å². The lowest BCUT2D eigenvalue weighted by molar-refractivity contribution is 0.482. The fraction of sp³-hybridized carbons (Fsp3) is 0.231. The van der Waals surface area contributed by atoms with Crippen LogP contribution in [0.15, 0.2) is 30.3 Å². The van der Waals surface area contributed by atoms with E-state index in [0.29, 0.717) is 11.8 Å². The first-order valence-corrected chi connectivity index (χ1v) is 5.74. The first kappa shape index (κ1) is 10.2. The largest absolute Gasteiger partial charge is 0.507 e. The minimum Gasteiger partial charge on any atom is -0.507 e. The van der Waals surface area contributed by atoms with E-state index in [1.54, 1.807) is 6.07 Å². The third kappa shape index (κ3) is 1.41. The van der Waals surface area contributed by atoms with Gasteiger partial charge in [0.2, 0.25) is 0 Å². The van der Waals surface area contributed by atoms with E-state index < -0.39 is 0 Å². The minimum absolute atomic E-state index is 0.305. The smallest absolute Gasteiger partial charge is 0.125 e. The van der Waals surface area contributed by atoms with Gasteiger partial charge in [-0.25, -0.2) is 0 Å². The standard InChI is InChI=1S/C13H15N3O/c1-8(2)16-13-10-6-4-3-5-9(10)12(17)7-11(13)14-15-16/h3-8,14-15,17H,1-2H3. The highest BCUT2D eigenvalue weighted by Gasteiger charge is 2.24. The maximum Gasteiger partial charge on any atom is 0.125 e. The molecule has 3 N–H and O–H groups in total. The predicted molar refractivity (Wildman–Crippen MR) is 70.0 cm³/mol. The first-order chi connectivity index (χ1) is 8.18. The summed E-state index contributed by atoms with van der Waals surface area (Å²) in [5, 5.41) is 14.0. The Kier molecular flexibility index (Phi) is 2.12. The highest BCUT2D eigenvalue weighted by Crippen LogP contribution is 2.41. The van der Waals surface area contributed by atoms with Gasteiger partial charge in [0, 0.05) is 22.9 Å². The van der Waals surface area contributed by atoms with Crippen molar-refractivity contribution < 1.29 is 5.11 Å². The Morgan fingerprint density at radius 1 is 1.18 bits per heavy atom. The Balaban J connectivity index is 2.33. The van der Waals surface area contributed by atoms with E-state index >= 15 is 0 Å². The molecule has 88 valence electrons. The molecular weight excluding hydrogens is 214 g/mol. The third-order valence-electron chi connectivity index (χ3n) is 3.06. The lowest BCUT2D eigenvalue weighted by Gasteiger charge is -2.23. The summed E-state index contributed by atoms with van der Waals surface area (Å²) in [7, 11) is 0. The summed E-state index contributed by atoms with van der Waals surface area (Å²) >= 11 is 0. The molecular formula is C13H15N3O. The number of rotatable bonds is 1. The number of anilines is 2. The number of hydrogen-bond acceptors (Lipinski definition) is 4. The monoisotopic (exact) mass is 229 g/mol. The molecule has 0 bridgehead atoms. The van der Waals surface area contributed by atoms with Crippen LogP contribution < -0.4 is 16.0 Å². The summed E-state index contributed by atoms with van der Waals surface area (Å²) in [5.41, 5.74) is 8.20. The molecule has 0 radical (unpaired) electrons. The molecule has 0 unspecified atom stereocenters. The summed E-state index contributed by atoms with van der Waals surface area (Å²) in [4.78, 5) is 0. The predicted octanol–water partition coefficient (Wildman–Crippen LogP) is 2.61. The fourth-order valence-electron chi connectivity index (χ4n) is 2.26. The van der Waals surface area contributed by atoms with Crippen LogP contribution in [-0.4, -0.2) is 11.1 Å². The van der Waals surface area contributed by atoms with Crippen LogP contribution in [0.1, 0.15) is 13.8 Å². The van der Waals surface area contributed by atoms with Crippen molar-refractivity contribution >= 4 is 22.1 Å². The second-order valence-corrected chi connectivity index (χ2v) is 4.54. The molecule has 1 aliphatic rings. The van der Waals surface area contributed by atoms with Crippen molar-refractivity contribution in [2.24, 2.45) is 0 Å². The van der Waals surface area contributed by atoms with E-state index in [0.717, 1.165) is 22.1 Å². The molecule has 0 atom stereocenters. The number of phenolic OH excluding ortho intramolecular Hbond substituents is 1. The summed E-state index contributed by atoms with van der Waals surface area (Å²) in [5.74, 6) is 0.305. The van der Waals surface area contributed by atoms with Gasteiger partial charge in [-0.1, -0.05) is 24.3 Å². The molecule has 1 heterocycles. The number of hydrogen-bond donors (Lipinski definition) is 3. The van der Waals surface area contributed by atoms with Crippen LogP contribution in [0.3, 0.4) is 0 Å². The van der Waals surface area contributed by atoms with Gasteiger partial charge in [-0.3, -0.25) is 5.01 Å². The van der Waals surface area contributed by atoms with Crippen molar-refractivity contribution in [3.63, 3.8) is 0 Å². The minimum atomic E-state index is 0.305. The van der Waals surface area contributed by atoms with Crippen molar-refractivity contribution in [3.05, 3.63) is 30.3 Å². The first-order valence-electron chi connectivity index (χ1n) is 5.74. The maximum atomic E-state index is 9.97. The molecule has 17 heavy (non-hydrogen) atoms. The zero-order valence-corrected chi connectivity index (χ0v) is 9.86. The fourth-order valence-corrected chi connectivity index (χ4v) is 2.26. The van der Waals surface area contributed by atoms with E-state index in [4.69, 9.17) is 0 Å². The molecule has 0 amide bonds. The molecule has 4 nitrogen and oxygen atoms in total. The summed E-state index contributed by atoms with van der Waals surface area (Å²) in [6.45, 7) is 4.23. The molecule has 2 aromatic rings. The van der Waals surface area contributed by atoms with Crippen LogP contribution >= 0.6 is 0 Å². The molecule has 0 aliphatic carbocycles. The van der Waals surface area contributed by atoms with E-state index in [1.807, 2.05) is 24.3 Å². The Hall–Kier alpha value is -1.94. The second kappa shape index (κ2) is 3.53. The maximum absolute atomic E-state index is 9.97. The molecule has 3 rings (SSSR count). The Bertz CT molecular complexity index is 580. The van der Waals surface area contributed by atoms with E-state index in [-0.39, 0.29) is 0 Å². The van der Waals surface area contributed by atoms with Gasteiger partial charge in [-0.2, -0.15) is 0 Å². The normalized spacial score (nSPS) is 14.2. The van der Waals surface area contributed by atoms with E-state index in [9.17, 15) is 5.11 Å². The lowest BCUT2D eigenvalue weighted by atomic mass is 10.1. The van der Waals surface area contributed by atoms with Gasteiger partial charge >= 0.3 is 0 Å². The van der Waals surface area contributed by atoms with Gasteiger partial charge in [0.25, 0.3) is 0 Å². The Labute approximate surface area is 99.8 Å². The molecule has 0 fully saturated rings. The van der Waals surface area contributed by atoms with E-state index in [2.05, 4.69) is 29.8 Å². The SMILES string of the molecule is CC(C)N1NNc2cc(O)c3ccccc3c21. The summed E-state index contributed by atoms with van der Waals surface area (Å²) < 4.78 is 0. The second-order valence-electron chi connectivity index (χ2n) is 4.54. The Morgan fingerprint density at radius 3 is 2.59 bits per heavy atom. The lowest BCUT2D eigenvalue weighted by Crippen LogP contribution is -2.41. The molecule has 0 aromatic heterocycles. The van der Waals surface area contributed by atoms with Crippen LogP contribution in [0.2, 0.25) is 0 Å². The number of nitrogens with one attached hydrogen (secondary N) is 2. The third-order valence-corrected chi connectivity index (χ3v) is 3.06. The van der Waals surface area contributed by atoms with Gasteiger partial charge in [0.1, 0.15) is 5.75 Å². The average Bonchev–Trinajstić information content (AvgIpc) is 2.73. The molecule has 0 spiro atoms. The number of aromatic hydroxyl groups is 1. The average molecular weight is 229 g/mol. The summed E-state index contributed by atoms with van der Waals surface area (Å²) in [6.07, 6.45) is 0. The number of benzene rings is 2. The molecule has 1 aliphatic heterocycles. The summed E-state index contributed by atoms with van der Waals surface area (Å²) in [6, 6.07) is 9.96. The highest BCUT2D eigenvalue weighted by molar-refractivity contribution is 6.04. The van der Waals surface area contributed by atoms with Gasteiger partial charge in [0.15, 0.2) is 0 Å². The quantitative estimate of drug-likeness (QED) is 0.703. The topological polar surface area (TPSA) is 47.5 Å². The zero-order chi connectivity index (χ0) is 12.0. The van der Waals surface area contributed by atoms with Crippen LogP contribution in [0.4, 0.5) is 11.4 Å². The zero-order valence-electron chi connectivity index (χ0n) is 9.86. The van der Waals surface area contributed by atoms with Gasteiger partial charge in [0.05, 0.1) is 11.4 Å². The number of nitrogens with zero attached hydrogens (tertiary/aromatic N) is 1. The molecule has 4 heteroatoms. The van der Waals surface area contributed by atoms with Crippen LogP contribution in [0, 0.1) is 0 Å². The van der Waals surface area contributed by atoms with Crippen molar-refractivity contribution in [2.45, 2.75) is 19.9 Å². The van der Waals surface area contributed by atoms with Crippen LogP contribution in [-0.2, 0) is 0 Å². The molecule has 0 saturated heterocycles. The van der Waals surface area contributed by atoms with E-state index in [1.165, 1.54) is 0 Å². The van der Waals surface area contributed by atoms with Crippen molar-refractivity contribution in [2.75, 3.05) is 10.4 Å². The number of fused-ring (bicyclic) bond motifs is 3.